The van der Waals surface area contributed by atoms with E-state index in [2.05, 4.69) is 20.7 Å². The molecule has 1 N–H and O–H groups in total. The average molecular weight is 453 g/mol. The molecule has 9 heteroatoms. The number of hydrogen-bond acceptors (Lipinski definition) is 5. The summed E-state index contributed by atoms with van der Waals surface area (Å²) < 4.78 is 8.98. The molecule has 0 saturated heterocycles. The van der Waals surface area contributed by atoms with Crippen molar-refractivity contribution in [2.45, 2.75) is 47.7 Å². The van der Waals surface area contributed by atoms with Crippen molar-refractivity contribution in [1.29, 1.82) is 0 Å². The van der Waals surface area contributed by atoms with Crippen molar-refractivity contribution in [2.24, 2.45) is 0 Å². The predicted octanol–water partition coefficient (Wildman–Crippen LogP) is 4.61. The lowest BCUT2D eigenvalue weighted by Crippen LogP contribution is -2.17. The zero-order valence-corrected chi connectivity index (χ0v) is 19.5. The van der Waals surface area contributed by atoms with E-state index in [1.807, 2.05) is 62.7 Å². The molecule has 4 aromatic rings. The Morgan fingerprint density at radius 1 is 0.969 bits per heavy atom. The summed E-state index contributed by atoms with van der Waals surface area (Å²) >= 11 is 6.27. The van der Waals surface area contributed by atoms with Gasteiger partial charge >= 0.3 is 0 Å². The summed E-state index contributed by atoms with van der Waals surface area (Å²) in [5.74, 6) is 0.210. The van der Waals surface area contributed by atoms with E-state index in [4.69, 9.17) is 16.1 Å². The molecule has 0 aliphatic rings. The lowest BCUT2D eigenvalue weighted by molar-refractivity contribution is 0.101. The molecule has 8 nitrogen and oxygen atoms in total. The van der Waals surface area contributed by atoms with Gasteiger partial charge in [0.05, 0.1) is 46.6 Å². The molecule has 166 valence electrons. The summed E-state index contributed by atoms with van der Waals surface area (Å²) in [4.78, 5) is 13.1. The molecule has 0 bridgehead atoms. The molecule has 1 amide bonds. The van der Waals surface area contributed by atoms with Gasteiger partial charge in [-0.2, -0.15) is 10.2 Å². The van der Waals surface area contributed by atoms with Crippen LogP contribution in [0, 0.1) is 34.6 Å². The number of aromatic nitrogens is 5. The van der Waals surface area contributed by atoms with Crippen molar-refractivity contribution < 1.29 is 9.32 Å². The maximum Gasteiger partial charge on any atom is 0.278 e. The highest BCUT2D eigenvalue weighted by molar-refractivity contribution is 6.31. The second-order valence-electron chi connectivity index (χ2n) is 7.85. The molecular formula is C23H25ClN6O2. The molecule has 0 aliphatic heterocycles. The lowest BCUT2D eigenvalue weighted by atomic mass is 10.1. The molecule has 32 heavy (non-hydrogen) atoms. The molecule has 0 aliphatic carbocycles. The van der Waals surface area contributed by atoms with Gasteiger partial charge in [-0.15, -0.1) is 0 Å². The second-order valence-corrected chi connectivity index (χ2v) is 8.23. The molecule has 1 aromatic carbocycles. The fourth-order valence-electron chi connectivity index (χ4n) is 3.70. The number of nitrogens with zero attached hydrogens (tertiary/aromatic N) is 5. The highest BCUT2D eigenvalue weighted by Gasteiger charge is 2.24. The van der Waals surface area contributed by atoms with E-state index in [1.54, 1.807) is 11.6 Å². The molecule has 0 atom stereocenters. The summed E-state index contributed by atoms with van der Waals surface area (Å²) in [5.41, 5.74) is 5.86. The summed E-state index contributed by atoms with van der Waals surface area (Å²) in [6.07, 6.45) is 0. The zero-order chi connectivity index (χ0) is 23.0. The summed E-state index contributed by atoms with van der Waals surface area (Å²) in [5, 5.41) is 16.6. The molecule has 0 fully saturated rings. The second kappa shape index (κ2) is 8.63. The van der Waals surface area contributed by atoms with Crippen LogP contribution in [0.25, 0.3) is 0 Å². The van der Waals surface area contributed by atoms with Crippen molar-refractivity contribution in [1.82, 2.24) is 24.7 Å². The molecule has 0 saturated carbocycles. The van der Waals surface area contributed by atoms with Crippen LogP contribution in [0.4, 0.5) is 5.69 Å². The van der Waals surface area contributed by atoms with Gasteiger partial charge in [0.2, 0.25) is 0 Å². The Morgan fingerprint density at radius 3 is 2.28 bits per heavy atom. The number of carbonyl (C=O) groups excluding carboxylic acids is 1. The first-order valence-electron chi connectivity index (χ1n) is 10.3. The highest BCUT2D eigenvalue weighted by atomic mass is 35.5. The van der Waals surface area contributed by atoms with Crippen LogP contribution in [0.1, 0.15) is 50.2 Å². The van der Waals surface area contributed by atoms with E-state index in [1.165, 1.54) is 0 Å². The normalized spacial score (nSPS) is 11.2. The standard InChI is InChI=1S/C23H25ClN6O2/c1-13-20(24)15(3)30(26-13)12-19-17(5)32-28-22(19)23(31)25-21-14(2)27-29(16(21)4)11-18-9-7-6-8-10-18/h6-10H,11-12H2,1-5H3,(H,25,31). The van der Waals surface area contributed by atoms with Gasteiger partial charge in [-0.3, -0.25) is 14.2 Å². The van der Waals surface area contributed by atoms with Gasteiger partial charge in [-0.05, 0) is 40.2 Å². The van der Waals surface area contributed by atoms with Crippen LogP contribution in [-0.2, 0) is 13.1 Å². The van der Waals surface area contributed by atoms with E-state index in [-0.39, 0.29) is 11.6 Å². The lowest BCUT2D eigenvalue weighted by Gasteiger charge is -2.08. The molecule has 3 aromatic heterocycles. The van der Waals surface area contributed by atoms with Crippen molar-refractivity contribution in [3.63, 3.8) is 0 Å². The summed E-state index contributed by atoms with van der Waals surface area (Å²) in [6, 6.07) is 10.1. The van der Waals surface area contributed by atoms with Crippen molar-refractivity contribution >= 4 is 23.2 Å². The Hall–Kier alpha value is -3.39. The number of halogens is 1. The van der Waals surface area contributed by atoms with Crippen LogP contribution in [0.15, 0.2) is 34.9 Å². The van der Waals surface area contributed by atoms with Crippen LogP contribution in [0.2, 0.25) is 5.02 Å². The van der Waals surface area contributed by atoms with Crippen LogP contribution in [0.3, 0.4) is 0 Å². The molecule has 4 rings (SSSR count). The van der Waals surface area contributed by atoms with Gasteiger partial charge < -0.3 is 9.84 Å². The SMILES string of the molecule is Cc1nn(Cc2c(C(=O)Nc3c(C)nn(Cc4ccccc4)c3C)noc2C)c(C)c1Cl. The predicted molar refractivity (Wildman–Crippen MR) is 122 cm³/mol. The van der Waals surface area contributed by atoms with Crippen LogP contribution in [0.5, 0.6) is 0 Å². The number of aryl methyl sites for hydroxylation is 3. The van der Waals surface area contributed by atoms with Crippen molar-refractivity contribution in [3.05, 3.63) is 80.7 Å². The van der Waals surface area contributed by atoms with E-state index < -0.39 is 0 Å². The van der Waals surface area contributed by atoms with Crippen LogP contribution >= 0.6 is 11.6 Å². The summed E-state index contributed by atoms with van der Waals surface area (Å²) in [7, 11) is 0. The van der Waals surface area contributed by atoms with Crippen LogP contribution < -0.4 is 5.32 Å². The Balaban J connectivity index is 1.58. The monoisotopic (exact) mass is 452 g/mol. The number of anilines is 1. The van der Waals surface area contributed by atoms with Crippen molar-refractivity contribution in [3.8, 4) is 0 Å². The maximum atomic E-state index is 13.1. The largest absolute Gasteiger partial charge is 0.361 e. The number of nitrogens with one attached hydrogen (secondary N) is 1. The quantitative estimate of drug-likeness (QED) is 0.461. The fraction of sp³-hybridized carbons (Fsp3) is 0.304. The number of benzene rings is 1. The van der Waals surface area contributed by atoms with E-state index in [9.17, 15) is 4.79 Å². The van der Waals surface area contributed by atoms with Gasteiger partial charge in [0.25, 0.3) is 5.91 Å². The topological polar surface area (TPSA) is 90.8 Å². The molecule has 0 unspecified atom stereocenters. The minimum absolute atomic E-state index is 0.223. The third-order valence-corrected chi connectivity index (χ3v) is 6.14. The molecule has 0 spiro atoms. The first-order valence-corrected chi connectivity index (χ1v) is 10.7. The summed E-state index contributed by atoms with van der Waals surface area (Å²) in [6.45, 7) is 10.3. The van der Waals surface area contributed by atoms with Crippen LogP contribution in [-0.4, -0.2) is 30.6 Å². The number of rotatable bonds is 6. The average Bonchev–Trinajstić information content (AvgIpc) is 3.35. The Labute approximate surface area is 191 Å². The molecular weight excluding hydrogens is 428 g/mol. The highest BCUT2D eigenvalue weighted by Crippen LogP contribution is 2.25. The first-order chi connectivity index (χ1) is 15.3. The fourth-order valence-corrected chi connectivity index (χ4v) is 3.83. The van der Waals surface area contributed by atoms with Gasteiger partial charge in [0.15, 0.2) is 5.69 Å². The Morgan fingerprint density at radius 2 is 1.62 bits per heavy atom. The maximum absolute atomic E-state index is 13.1. The molecule has 3 heterocycles. The smallest absolute Gasteiger partial charge is 0.278 e. The van der Waals surface area contributed by atoms with E-state index in [0.717, 1.165) is 28.3 Å². The van der Waals surface area contributed by atoms with E-state index in [0.29, 0.717) is 35.1 Å². The number of amides is 1. The van der Waals surface area contributed by atoms with Gasteiger partial charge in [0, 0.05) is 5.56 Å². The van der Waals surface area contributed by atoms with Crippen molar-refractivity contribution in [2.75, 3.05) is 5.32 Å². The number of hydrogen-bond donors (Lipinski definition) is 1. The van der Waals surface area contributed by atoms with E-state index >= 15 is 0 Å². The number of carbonyl (C=O) groups is 1. The Kier molecular flexibility index (Phi) is 5.88. The molecule has 0 radical (unpaired) electrons. The third kappa shape index (κ3) is 4.05. The minimum Gasteiger partial charge on any atom is -0.361 e. The van der Waals surface area contributed by atoms with Gasteiger partial charge in [-0.25, -0.2) is 0 Å². The Bertz CT molecular complexity index is 1290. The minimum atomic E-state index is -0.352. The van der Waals surface area contributed by atoms with Gasteiger partial charge in [-0.1, -0.05) is 47.1 Å². The third-order valence-electron chi connectivity index (χ3n) is 5.60. The zero-order valence-electron chi connectivity index (χ0n) is 18.7. The van der Waals surface area contributed by atoms with Gasteiger partial charge in [0.1, 0.15) is 5.76 Å². The first kappa shape index (κ1) is 21.8.